The van der Waals surface area contributed by atoms with Crippen molar-refractivity contribution >= 4 is 0 Å². The van der Waals surface area contributed by atoms with Crippen LogP contribution in [0.1, 0.15) is 6.92 Å². The Bertz CT molecular complexity index is 144. The first kappa shape index (κ1) is 8.42. The van der Waals surface area contributed by atoms with Gasteiger partial charge in [0, 0.05) is 11.8 Å². The van der Waals surface area contributed by atoms with E-state index in [1.54, 1.807) is 0 Å². The van der Waals surface area contributed by atoms with Crippen molar-refractivity contribution in [2.45, 2.75) is 19.1 Å². The molecule has 0 aromatic heterocycles. The molecule has 0 aromatic rings. The van der Waals surface area contributed by atoms with E-state index in [1.807, 2.05) is 0 Å². The molecule has 1 fully saturated rings. The lowest BCUT2D eigenvalue weighted by molar-refractivity contribution is -0.533. The van der Waals surface area contributed by atoms with Gasteiger partial charge in [-0.1, -0.05) is 0 Å². The molecular formula is C6H11NO4. The van der Waals surface area contributed by atoms with Crippen molar-refractivity contribution in [3.63, 3.8) is 0 Å². The van der Waals surface area contributed by atoms with E-state index in [-0.39, 0.29) is 11.0 Å². The fraction of sp³-hybridized carbons (Fsp3) is 1.00. The maximum Gasteiger partial charge on any atom is 0.238 e. The summed E-state index contributed by atoms with van der Waals surface area (Å²) in [4.78, 5) is 9.92. The number of ether oxygens (including phenoxy) is 2. The Balaban J connectivity index is 2.38. The molecule has 0 radical (unpaired) electrons. The Kier molecular flexibility index (Phi) is 2.78. The Hall–Kier alpha value is -0.680. The molecule has 0 aromatic carbocycles. The maximum absolute atomic E-state index is 10.3. The highest BCUT2D eigenvalue weighted by atomic mass is 16.6. The molecule has 2 atom stereocenters. The SMILES string of the molecule is CC(C1COCCO1)[N+](=O)[O-]. The number of nitrogens with zero attached hydrogens (tertiary/aromatic N) is 1. The van der Waals surface area contributed by atoms with Gasteiger partial charge in [0.1, 0.15) is 6.10 Å². The van der Waals surface area contributed by atoms with Crippen molar-refractivity contribution < 1.29 is 14.4 Å². The van der Waals surface area contributed by atoms with E-state index in [1.165, 1.54) is 6.92 Å². The molecule has 1 heterocycles. The molecular weight excluding hydrogens is 150 g/mol. The second-order valence-electron chi connectivity index (χ2n) is 2.51. The molecule has 1 aliphatic rings. The molecule has 0 saturated carbocycles. The molecule has 0 N–H and O–H groups in total. The molecule has 0 aliphatic carbocycles. The zero-order valence-electron chi connectivity index (χ0n) is 6.36. The number of rotatable bonds is 2. The highest BCUT2D eigenvalue weighted by Crippen LogP contribution is 2.07. The van der Waals surface area contributed by atoms with Crippen molar-refractivity contribution in [3.8, 4) is 0 Å². The monoisotopic (exact) mass is 161 g/mol. The van der Waals surface area contributed by atoms with E-state index in [2.05, 4.69) is 0 Å². The van der Waals surface area contributed by atoms with Gasteiger partial charge in [0.05, 0.1) is 19.8 Å². The molecule has 2 unspecified atom stereocenters. The lowest BCUT2D eigenvalue weighted by atomic mass is 10.2. The summed E-state index contributed by atoms with van der Waals surface area (Å²) in [7, 11) is 0. The van der Waals surface area contributed by atoms with Crippen molar-refractivity contribution in [2.24, 2.45) is 0 Å². The first-order chi connectivity index (χ1) is 5.22. The van der Waals surface area contributed by atoms with Crippen LogP contribution in [-0.4, -0.2) is 36.9 Å². The summed E-state index contributed by atoms with van der Waals surface area (Å²) in [6, 6.07) is -0.671. The van der Waals surface area contributed by atoms with Gasteiger partial charge in [-0.05, 0) is 0 Å². The van der Waals surface area contributed by atoms with Crippen LogP contribution in [0.5, 0.6) is 0 Å². The fourth-order valence-electron chi connectivity index (χ4n) is 0.920. The lowest BCUT2D eigenvalue weighted by Crippen LogP contribution is -2.40. The van der Waals surface area contributed by atoms with Gasteiger partial charge < -0.3 is 9.47 Å². The average molecular weight is 161 g/mol. The topological polar surface area (TPSA) is 61.6 Å². The predicted octanol–water partition coefficient (Wildman–Crippen LogP) is 0.0670. The molecule has 64 valence electrons. The fourth-order valence-corrected chi connectivity index (χ4v) is 0.920. The van der Waals surface area contributed by atoms with E-state index in [9.17, 15) is 10.1 Å². The summed E-state index contributed by atoms with van der Waals surface area (Å²) in [6.45, 7) is 2.87. The molecule has 11 heavy (non-hydrogen) atoms. The minimum absolute atomic E-state index is 0.335. The van der Waals surface area contributed by atoms with Crippen molar-refractivity contribution in [2.75, 3.05) is 19.8 Å². The third kappa shape index (κ3) is 2.13. The van der Waals surface area contributed by atoms with Gasteiger partial charge in [-0.3, -0.25) is 10.1 Å². The molecule has 1 saturated heterocycles. The number of hydrogen-bond acceptors (Lipinski definition) is 4. The van der Waals surface area contributed by atoms with Gasteiger partial charge in [-0.25, -0.2) is 0 Å². The maximum atomic E-state index is 10.3. The highest BCUT2D eigenvalue weighted by molar-refractivity contribution is 4.67. The van der Waals surface area contributed by atoms with E-state index in [0.717, 1.165) is 0 Å². The molecule has 1 aliphatic heterocycles. The van der Waals surface area contributed by atoms with Crippen molar-refractivity contribution in [1.29, 1.82) is 0 Å². The predicted molar refractivity (Wildman–Crippen MR) is 37.0 cm³/mol. The van der Waals surface area contributed by atoms with Gasteiger partial charge >= 0.3 is 0 Å². The van der Waals surface area contributed by atoms with Crippen LogP contribution in [0.2, 0.25) is 0 Å². The van der Waals surface area contributed by atoms with Gasteiger partial charge in [-0.2, -0.15) is 0 Å². The largest absolute Gasteiger partial charge is 0.376 e. The number of hydrogen-bond donors (Lipinski definition) is 0. The van der Waals surface area contributed by atoms with E-state index in [0.29, 0.717) is 19.8 Å². The minimum atomic E-state index is -0.671. The Morgan fingerprint density at radius 3 is 2.82 bits per heavy atom. The van der Waals surface area contributed by atoms with Crippen LogP contribution in [0, 0.1) is 10.1 Å². The molecule has 0 amide bonds. The zero-order valence-corrected chi connectivity index (χ0v) is 6.36. The molecule has 5 heteroatoms. The highest BCUT2D eigenvalue weighted by Gasteiger charge is 2.29. The van der Waals surface area contributed by atoms with Gasteiger partial charge in [0.2, 0.25) is 6.04 Å². The normalized spacial score (nSPS) is 27.9. The van der Waals surface area contributed by atoms with Crippen molar-refractivity contribution in [1.82, 2.24) is 0 Å². The molecule has 5 nitrogen and oxygen atoms in total. The Labute approximate surface area is 64.4 Å². The lowest BCUT2D eigenvalue weighted by Gasteiger charge is -2.23. The minimum Gasteiger partial charge on any atom is -0.376 e. The quantitative estimate of drug-likeness (QED) is 0.424. The van der Waals surface area contributed by atoms with Crippen molar-refractivity contribution in [3.05, 3.63) is 10.1 Å². The standard InChI is InChI=1S/C6H11NO4/c1-5(7(8)9)6-4-10-2-3-11-6/h5-6H,2-4H2,1H3. The van der Waals surface area contributed by atoms with Crippen LogP contribution in [0.4, 0.5) is 0 Å². The third-order valence-corrected chi connectivity index (χ3v) is 1.71. The first-order valence-corrected chi connectivity index (χ1v) is 3.54. The summed E-state index contributed by atoms with van der Waals surface area (Å²) in [5.74, 6) is 0. The van der Waals surface area contributed by atoms with Crippen LogP contribution in [0.25, 0.3) is 0 Å². The Morgan fingerprint density at radius 2 is 2.36 bits per heavy atom. The van der Waals surface area contributed by atoms with Gasteiger partial charge in [0.15, 0.2) is 0 Å². The van der Waals surface area contributed by atoms with Crippen LogP contribution in [0.3, 0.4) is 0 Å². The number of nitro groups is 1. The second-order valence-corrected chi connectivity index (χ2v) is 2.51. The summed E-state index contributed by atoms with van der Waals surface area (Å²) in [6.07, 6.45) is -0.376. The first-order valence-electron chi connectivity index (χ1n) is 3.54. The second kappa shape index (κ2) is 3.64. The zero-order chi connectivity index (χ0) is 8.27. The van der Waals surface area contributed by atoms with Gasteiger partial charge in [0.25, 0.3) is 0 Å². The summed E-state index contributed by atoms with van der Waals surface area (Å²) < 4.78 is 10.2. The summed E-state index contributed by atoms with van der Waals surface area (Å²) in [5, 5.41) is 10.3. The summed E-state index contributed by atoms with van der Waals surface area (Å²) in [5.41, 5.74) is 0. The third-order valence-electron chi connectivity index (χ3n) is 1.71. The van der Waals surface area contributed by atoms with Crippen LogP contribution in [0.15, 0.2) is 0 Å². The molecule has 0 spiro atoms. The van der Waals surface area contributed by atoms with Crippen LogP contribution < -0.4 is 0 Å². The average Bonchev–Trinajstić information content (AvgIpc) is 2.05. The van der Waals surface area contributed by atoms with E-state index >= 15 is 0 Å². The molecule has 1 rings (SSSR count). The van der Waals surface area contributed by atoms with E-state index < -0.39 is 6.04 Å². The Morgan fingerprint density at radius 1 is 1.64 bits per heavy atom. The van der Waals surface area contributed by atoms with Crippen LogP contribution in [-0.2, 0) is 9.47 Å². The molecule has 0 bridgehead atoms. The summed E-state index contributed by atoms with van der Waals surface area (Å²) >= 11 is 0. The van der Waals surface area contributed by atoms with E-state index in [4.69, 9.17) is 9.47 Å². The van der Waals surface area contributed by atoms with Gasteiger partial charge in [-0.15, -0.1) is 0 Å². The van der Waals surface area contributed by atoms with Crippen LogP contribution >= 0.6 is 0 Å². The smallest absolute Gasteiger partial charge is 0.238 e.